The predicted octanol–water partition coefficient (Wildman–Crippen LogP) is 3.02. The maximum atomic E-state index is 13.0. The van der Waals surface area contributed by atoms with E-state index >= 15 is 0 Å². The molecule has 0 atom stereocenters. The van der Waals surface area contributed by atoms with E-state index in [1.807, 2.05) is 19.1 Å². The fourth-order valence-corrected chi connectivity index (χ4v) is 1.91. The highest BCUT2D eigenvalue weighted by Crippen LogP contribution is 2.24. The zero-order valence-corrected chi connectivity index (χ0v) is 11.0. The van der Waals surface area contributed by atoms with E-state index in [1.54, 1.807) is 18.3 Å². The van der Waals surface area contributed by atoms with Crippen molar-refractivity contribution >= 4 is 11.5 Å². The first-order chi connectivity index (χ1) is 9.20. The number of rotatable bonds is 5. The Balaban J connectivity index is 2.32. The minimum absolute atomic E-state index is 0.236. The highest BCUT2D eigenvalue weighted by Gasteiger charge is 2.10. The van der Waals surface area contributed by atoms with Crippen LogP contribution in [-0.4, -0.2) is 18.1 Å². The van der Waals surface area contributed by atoms with Crippen molar-refractivity contribution in [1.82, 2.24) is 4.98 Å². The quantitative estimate of drug-likeness (QED) is 0.897. The lowest BCUT2D eigenvalue weighted by Crippen LogP contribution is -2.21. The molecule has 2 rings (SSSR count). The fourth-order valence-electron chi connectivity index (χ4n) is 1.91. The lowest BCUT2D eigenvalue weighted by molar-refractivity contribution is 0.627. The van der Waals surface area contributed by atoms with Crippen molar-refractivity contribution in [3.05, 3.63) is 54.0 Å². The molecular weight excluding hydrogens is 241 g/mol. The van der Waals surface area contributed by atoms with Crippen LogP contribution in [0.5, 0.6) is 0 Å². The number of aryl methyl sites for hydroxylation is 1. The van der Waals surface area contributed by atoms with Gasteiger partial charge in [-0.25, -0.2) is 9.37 Å². The summed E-state index contributed by atoms with van der Waals surface area (Å²) in [4.78, 5) is 6.44. The van der Waals surface area contributed by atoms with Gasteiger partial charge in [0.1, 0.15) is 11.6 Å². The highest BCUT2D eigenvalue weighted by atomic mass is 19.1. The number of nitrogens with two attached hydrogens (primary N) is 1. The Morgan fingerprint density at radius 1 is 1.21 bits per heavy atom. The van der Waals surface area contributed by atoms with Crippen LogP contribution in [0, 0.1) is 12.7 Å². The van der Waals surface area contributed by atoms with Crippen LogP contribution in [0.3, 0.4) is 0 Å². The third kappa shape index (κ3) is 3.51. The van der Waals surface area contributed by atoms with Crippen molar-refractivity contribution in [3.8, 4) is 0 Å². The van der Waals surface area contributed by atoms with Gasteiger partial charge in [-0.15, -0.1) is 0 Å². The van der Waals surface area contributed by atoms with Gasteiger partial charge in [0.2, 0.25) is 0 Å². The monoisotopic (exact) mass is 259 g/mol. The molecule has 0 spiro atoms. The molecule has 2 N–H and O–H groups in total. The number of aromatic nitrogens is 1. The number of hydrogen-bond acceptors (Lipinski definition) is 3. The summed E-state index contributed by atoms with van der Waals surface area (Å²) in [5.41, 5.74) is 7.65. The van der Waals surface area contributed by atoms with Crippen molar-refractivity contribution in [2.75, 3.05) is 18.0 Å². The summed E-state index contributed by atoms with van der Waals surface area (Å²) in [6, 6.07) is 10.4. The van der Waals surface area contributed by atoms with Crippen LogP contribution in [0.1, 0.15) is 12.0 Å². The molecule has 1 heterocycles. The summed E-state index contributed by atoms with van der Waals surface area (Å²) < 4.78 is 13.0. The molecule has 1 aromatic heterocycles. The van der Waals surface area contributed by atoms with Gasteiger partial charge in [0.05, 0.1) is 0 Å². The maximum Gasteiger partial charge on any atom is 0.133 e. The van der Waals surface area contributed by atoms with Crippen LogP contribution in [0.2, 0.25) is 0 Å². The average molecular weight is 259 g/mol. The minimum atomic E-state index is -0.236. The second-order valence-electron chi connectivity index (χ2n) is 4.46. The summed E-state index contributed by atoms with van der Waals surface area (Å²) in [5, 5.41) is 0. The van der Waals surface area contributed by atoms with Crippen molar-refractivity contribution in [2.45, 2.75) is 13.3 Å². The Bertz CT molecular complexity index is 525. The van der Waals surface area contributed by atoms with Gasteiger partial charge < -0.3 is 10.6 Å². The first kappa shape index (κ1) is 13.5. The molecule has 0 radical (unpaired) electrons. The number of nitrogens with zero attached hydrogens (tertiary/aromatic N) is 2. The maximum absolute atomic E-state index is 13.0. The molecule has 0 aliphatic heterocycles. The third-order valence-corrected chi connectivity index (χ3v) is 2.90. The summed E-state index contributed by atoms with van der Waals surface area (Å²) >= 11 is 0. The van der Waals surface area contributed by atoms with Gasteiger partial charge in [-0.3, -0.25) is 0 Å². The topological polar surface area (TPSA) is 42.2 Å². The van der Waals surface area contributed by atoms with Crippen LogP contribution in [-0.2, 0) is 0 Å². The molecule has 0 aliphatic carbocycles. The van der Waals surface area contributed by atoms with E-state index in [2.05, 4.69) is 9.88 Å². The van der Waals surface area contributed by atoms with E-state index in [1.165, 1.54) is 12.1 Å². The van der Waals surface area contributed by atoms with Gasteiger partial charge in [-0.2, -0.15) is 0 Å². The standard InChI is InChI=1S/C15H18FN3/c1-12-7-9-18-15(11-12)19(10-2-8-17)14-5-3-13(16)4-6-14/h3-7,9,11H,2,8,10,17H2,1H3. The summed E-state index contributed by atoms with van der Waals surface area (Å²) in [5.74, 6) is 0.625. The minimum Gasteiger partial charge on any atom is -0.330 e. The van der Waals surface area contributed by atoms with Crippen LogP contribution in [0.15, 0.2) is 42.6 Å². The second kappa shape index (κ2) is 6.29. The first-order valence-electron chi connectivity index (χ1n) is 6.36. The second-order valence-corrected chi connectivity index (χ2v) is 4.46. The van der Waals surface area contributed by atoms with E-state index in [4.69, 9.17) is 5.73 Å². The average Bonchev–Trinajstić information content (AvgIpc) is 2.41. The van der Waals surface area contributed by atoms with E-state index < -0.39 is 0 Å². The molecular formula is C15H18FN3. The predicted molar refractivity (Wildman–Crippen MR) is 76.1 cm³/mol. The van der Waals surface area contributed by atoms with Crippen LogP contribution < -0.4 is 10.6 Å². The number of anilines is 2. The molecule has 0 amide bonds. The largest absolute Gasteiger partial charge is 0.330 e. The van der Waals surface area contributed by atoms with E-state index in [0.29, 0.717) is 6.54 Å². The number of pyridine rings is 1. The molecule has 0 unspecified atom stereocenters. The summed E-state index contributed by atoms with van der Waals surface area (Å²) in [6.07, 6.45) is 2.64. The Labute approximate surface area is 112 Å². The molecule has 100 valence electrons. The van der Waals surface area contributed by atoms with Gasteiger partial charge in [0.15, 0.2) is 0 Å². The number of hydrogen-bond donors (Lipinski definition) is 1. The van der Waals surface area contributed by atoms with Crippen molar-refractivity contribution in [3.63, 3.8) is 0 Å². The molecule has 0 fully saturated rings. The van der Waals surface area contributed by atoms with Gasteiger partial charge >= 0.3 is 0 Å². The summed E-state index contributed by atoms with van der Waals surface area (Å²) in [7, 11) is 0. The first-order valence-corrected chi connectivity index (χ1v) is 6.36. The summed E-state index contributed by atoms with van der Waals surface area (Å²) in [6.45, 7) is 3.40. The van der Waals surface area contributed by atoms with Crippen molar-refractivity contribution < 1.29 is 4.39 Å². The van der Waals surface area contributed by atoms with E-state index in [0.717, 1.165) is 30.0 Å². The van der Waals surface area contributed by atoms with Crippen LogP contribution in [0.4, 0.5) is 15.9 Å². The molecule has 0 saturated heterocycles. The zero-order chi connectivity index (χ0) is 13.7. The Morgan fingerprint density at radius 3 is 2.58 bits per heavy atom. The molecule has 0 saturated carbocycles. The van der Waals surface area contributed by atoms with Crippen molar-refractivity contribution in [2.24, 2.45) is 5.73 Å². The molecule has 1 aromatic carbocycles. The van der Waals surface area contributed by atoms with Crippen LogP contribution in [0.25, 0.3) is 0 Å². The molecule has 0 bridgehead atoms. The SMILES string of the molecule is Cc1ccnc(N(CCCN)c2ccc(F)cc2)c1. The van der Waals surface area contributed by atoms with Gasteiger partial charge in [-0.1, -0.05) is 0 Å². The Hall–Kier alpha value is -1.94. The number of benzene rings is 1. The molecule has 4 heteroatoms. The van der Waals surface area contributed by atoms with E-state index in [9.17, 15) is 4.39 Å². The Morgan fingerprint density at radius 2 is 1.95 bits per heavy atom. The highest BCUT2D eigenvalue weighted by molar-refractivity contribution is 5.60. The van der Waals surface area contributed by atoms with Crippen molar-refractivity contribution in [1.29, 1.82) is 0 Å². The lowest BCUT2D eigenvalue weighted by Gasteiger charge is -2.24. The normalized spacial score (nSPS) is 10.5. The van der Waals surface area contributed by atoms with E-state index in [-0.39, 0.29) is 5.82 Å². The van der Waals surface area contributed by atoms with Gasteiger partial charge in [0.25, 0.3) is 0 Å². The van der Waals surface area contributed by atoms with Crippen LogP contribution >= 0.6 is 0 Å². The zero-order valence-electron chi connectivity index (χ0n) is 11.0. The molecule has 19 heavy (non-hydrogen) atoms. The number of halogens is 1. The Kier molecular flexibility index (Phi) is 4.47. The molecule has 0 aliphatic rings. The lowest BCUT2D eigenvalue weighted by atomic mass is 10.2. The van der Waals surface area contributed by atoms with Gasteiger partial charge in [0, 0.05) is 18.4 Å². The third-order valence-electron chi connectivity index (χ3n) is 2.90. The molecule has 2 aromatic rings. The molecule has 3 nitrogen and oxygen atoms in total. The van der Waals surface area contributed by atoms with Gasteiger partial charge in [-0.05, 0) is 61.9 Å². The fraction of sp³-hybridized carbons (Fsp3) is 0.267. The smallest absolute Gasteiger partial charge is 0.133 e.